The van der Waals surface area contributed by atoms with Gasteiger partial charge in [-0.2, -0.15) is 0 Å². The van der Waals surface area contributed by atoms with Crippen LogP contribution in [0.1, 0.15) is 76.8 Å². The minimum Gasteiger partial charge on any atom is -0.480 e. The SMILES string of the molecule is CNCC(=O)N[C@@H](CCCNC(=N)N)C(=O)N[C@@H](Cc1c[nH]c2ccccc12)C(=O)N[C@@H](CO)C(=O)N[C@@H](Cc1cnc[nH]1)C(=O)N[C@H](CCCNC(=N)N)C(=O)N[C@@H](Cc1c[nH]c2ccccc12)C(=O)N[C@@H](Cc1ccc(C(=O)c2ccccc2)cc1)C(=O)N1CCC[C@H]1C(=O)NCCOCCOCCOC(=O)CN1CCN(CC(=O)O)CCN(CC(=O)O)CCN(CC(=O)O)CC1. The number of aromatic nitrogens is 4. The van der Waals surface area contributed by atoms with Crippen molar-refractivity contribution in [3.8, 4) is 0 Å². The fourth-order valence-corrected chi connectivity index (χ4v) is 15.5. The standard InChI is InChI=1S/C89H122N24O21/c1-94-49-74(115)102-66(18-9-25-97-88(90)91)80(124)104-69(44-60-47-100-65-17-8-6-15-63(60)65)83(127)108-72(54-114)85(129)106-70(45-61-48-95-55-101-61)84(128)103-67(19-10-26-98-89(92)93)81(125)105-68(43-59-46-99-64-16-7-5-14-62(59)64)82(126)107-71(42-56-21-23-58(24-22-56)79(123)57-12-3-2-4-13-57)87(131)113-28-11-20-73(113)86(130)96-27-37-132-38-39-133-40-41-134-78(122)53-112-35-33-110(51-76(118)119)31-29-109(50-75(116)117)30-32-111(34-36-112)52-77(120)121/h2-8,12-17,21-24,46-48,55,66-73,94,99-100,114H,9-11,18-20,25-45,49-54H2,1H3,(H,95,101)(H,96,130)(H,102,115)(H,103,128)(H,104,124)(H,105,125)(H,106,129)(H,107,126)(H,108,127)(H,116,117)(H,118,119)(H,120,121)(H4,90,91,97)(H4,92,93,98)/t66-,67+,68-,69-,70-,71-,72-,73-/m0/s1. The largest absolute Gasteiger partial charge is 0.480 e. The average Bonchev–Trinajstić information content (AvgIpc) is 1.67. The molecule has 3 aromatic heterocycles. The number of benzene rings is 4. The Morgan fingerprint density at radius 2 is 0.918 bits per heavy atom. The number of likely N-dealkylation sites (N-methyl/N-ethyl adjacent to an activating group) is 1. The van der Waals surface area contributed by atoms with E-state index in [4.69, 9.17) is 36.5 Å². The number of aromatic amines is 3. The number of carbonyl (C=O) groups is 14. The molecule has 9 rings (SSSR count). The molecule has 2 aliphatic heterocycles. The number of esters is 1. The van der Waals surface area contributed by atoms with Crippen LogP contribution in [0.4, 0.5) is 0 Å². The summed E-state index contributed by atoms with van der Waals surface area (Å²) < 4.78 is 16.9. The molecule has 134 heavy (non-hydrogen) atoms. The number of amides is 9. The zero-order valence-corrected chi connectivity index (χ0v) is 74.6. The summed E-state index contributed by atoms with van der Waals surface area (Å²) in [6, 6.07) is 17.5. The molecule has 7 aromatic rings. The molecule has 0 aliphatic carbocycles. The molecule has 2 fully saturated rings. The van der Waals surface area contributed by atoms with Crippen LogP contribution in [0.5, 0.6) is 0 Å². The number of hydrogen-bond donors (Lipinski definition) is 22. The van der Waals surface area contributed by atoms with Gasteiger partial charge in [-0.15, -0.1) is 0 Å². The van der Waals surface area contributed by atoms with E-state index in [1.54, 1.807) is 135 Å². The predicted octanol–water partition coefficient (Wildman–Crippen LogP) is -3.84. The first-order valence-electron chi connectivity index (χ1n) is 44.2. The third-order valence-electron chi connectivity index (χ3n) is 22.4. The zero-order valence-electron chi connectivity index (χ0n) is 74.6. The fourth-order valence-electron chi connectivity index (χ4n) is 15.5. The number of hydrogen-bond acceptors (Lipinski definition) is 26. The first-order valence-corrected chi connectivity index (χ1v) is 44.2. The summed E-state index contributed by atoms with van der Waals surface area (Å²) in [7, 11) is 1.53. The van der Waals surface area contributed by atoms with Crippen molar-refractivity contribution in [2.75, 3.05) is 158 Å². The Hall–Kier alpha value is -13.8. The number of aliphatic hydroxyl groups excluding tert-OH is 1. The van der Waals surface area contributed by atoms with E-state index in [1.165, 1.54) is 24.5 Å². The van der Waals surface area contributed by atoms with Crippen molar-refractivity contribution in [3.05, 3.63) is 162 Å². The van der Waals surface area contributed by atoms with Crippen LogP contribution in [0.3, 0.4) is 0 Å². The number of nitrogens with one attached hydrogen (secondary N) is 16. The summed E-state index contributed by atoms with van der Waals surface area (Å²) in [5.74, 6) is -12.4. The second-order valence-electron chi connectivity index (χ2n) is 32.4. The quantitative estimate of drug-likeness (QED) is 0.00571. The van der Waals surface area contributed by atoms with Gasteiger partial charge >= 0.3 is 23.9 Å². The molecule has 0 saturated carbocycles. The van der Waals surface area contributed by atoms with E-state index >= 15 is 19.2 Å². The van der Waals surface area contributed by atoms with Crippen molar-refractivity contribution < 1.29 is 102 Å². The molecule has 45 nitrogen and oxygen atoms in total. The third-order valence-corrected chi connectivity index (χ3v) is 22.4. The number of rotatable bonds is 53. The van der Waals surface area contributed by atoms with E-state index in [-0.39, 0.29) is 214 Å². The van der Waals surface area contributed by atoms with Crippen molar-refractivity contribution in [2.24, 2.45) is 11.5 Å². The predicted molar refractivity (Wildman–Crippen MR) is 488 cm³/mol. The second-order valence-corrected chi connectivity index (χ2v) is 32.4. The number of aliphatic hydroxyl groups is 1. The summed E-state index contributed by atoms with van der Waals surface area (Å²) in [4.78, 5) is 216. The molecule has 4 aromatic carbocycles. The van der Waals surface area contributed by atoms with Crippen LogP contribution in [0.25, 0.3) is 21.8 Å². The molecule has 0 bridgehead atoms. The molecule has 45 heteroatoms. The van der Waals surface area contributed by atoms with E-state index in [9.17, 15) is 68.4 Å². The molecule has 8 atom stereocenters. The van der Waals surface area contributed by atoms with Crippen molar-refractivity contribution in [1.29, 1.82) is 10.8 Å². The Bertz CT molecular complexity index is 5070. The van der Waals surface area contributed by atoms with Gasteiger partial charge < -0.3 is 124 Å². The number of H-pyrrole nitrogens is 3. The maximum Gasteiger partial charge on any atom is 0.320 e. The molecule has 0 radical (unpaired) electrons. The van der Waals surface area contributed by atoms with Gasteiger partial charge in [-0.25, -0.2) is 4.98 Å². The summed E-state index contributed by atoms with van der Waals surface area (Å²) in [6.07, 6.45) is 5.67. The highest BCUT2D eigenvalue weighted by molar-refractivity contribution is 6.09. The number of guanidine groups is 2. The van der Waals surface area contributed by atoms with Gasteiger partial charge in [0.05, 0.1) is 72.1 Å². The van der Waals surface area contributed by atoms with Gasteiger partial charge in [0.25, 0.3) is 0 Å². The number of para-hydroxylation sites is 2. The number of carboxylic acids is 3. The van der Waals surface area contributed by atoms with Crippen LogP contribution in [0, 0.1) is 10.8 Å². The molecule has 9 amide bonds. The number of aliphatic carboxylic acids is 3. The van der Waals surface area contributed by atoms with E-state index < -0.39 is 138 Å². The number of nitrogens with two attached hydrogens (primary N) is 2. The van der Waals surface area contributed by atoms with Gasteiger partial charge in [0.2, 0.25) is 53.2 Å². The van der Waals surface area contributed by atoms with Crippen LogP contribution in [0.15, 0.2) is 128 Å². The van der Waals surface area contributed by atoms with Gasteiger partial charge in [-0.05, 0) is 74.4 Å². The minimum atomic E-state index is -1.82. The number of fused-ring (bicyclic) bond motifs is 2. The van der Waals surface area contributed by atoms with Crippen LogP contribution in [-0.4, -0.2) is 366 Å². The fraction of sp³-hybridized carbons (Fsp3) is 0.472. The highest BCUT2D eigenvalue weighted by Gasteiger charge is 2.41. The summed E-state index contributed by atoms with van der Waals surface area (Å²) >= 11 is 0. The third kappa shape index (κ3) is 34.4. The van der Waals surface area contributed by atoms with Gasteiger partial charge in [-0.3, -0.25) is 97.5 Å². The van der Waals surface area contributed by atoms with Gasteiger partial charge in [0.1, 0.15) is 54.9 Å². The first kappa shape index (κ1) is 104. The number of imidazole rings is 1. The number of nitrogens with zero attached hydrogens (tertiary/aromatic N) is 6. The van der Waals surface area contributed by atoms with Crippen LogP contribution in [0.2, 0.25) is 0 Å². The molecule has 0 spiro atoms. The normalized spacial score (nSPS) is 15.7. The van der Waals surface area contributed by atoms with E-state index in [2.05, 4.69) is 78.4 Å². The molecule has 2 saturated heterocycles. The summed E-state index contributed by atoms with van der Waals surface area (Å²) in [6.45, 7) is -0.573. The molecular weight excluding hydrogens is 1740 g/mol. The number of carbonyl (C=O) groups excluding carboxylic acids is 11. The lowest BCUT2D eigenvalue weighted by Gasteiger charge is -2.32. The van der Waals surface area contributed by atoms with E-state index in [0.717, 1.165) is 0 Å². The summed E-state index contributed by atoms with van der Waals surface area (Å²) in [5, 5.41) is 86.3. The van der Waals surface area contributed by atoms with E-state index in [0.29, 0.717) is 61.7 Å². The van der Waals surface area contributed by atoms with Crippen LogP contribution >= 0.6 is 0 Å². The Balaban J connectivity index is 0.882. The van der Waals surface area contributed by atoms with Gasteiger partial charge in [0, 0.05) is 161 Å². The Labute approximate surface area is 772 Å². The Morgan fingerprint density at radius 3 is 1.41 bits per heavy atom. The molecule has 5 heterocycles. The van der Waals surface area contributed by atoms with E-state index in [1.807, 2.05) is 0 Å². The lowest BCUT2D eigenvalue weighted by molar-refractivity contribution is -0.147. The summed E-state index contributed by atoms with van der Waals surface area (Å²) in [5.41, 5.74) is 15.1. The highest BCUT2D eigenvalue weighted by atomic mass is 16.6. The van der Waals surface area contributed by atoms with Crippen LogP contribution in [-0.2, 0) is 102 Å². The van der Waals surface area contributed by atoms with Gasteiger partial charge in [-0.1, -0.05) is 91.0 Å². The second kappa shape index (κ2) is 54.2. The van der Waals surface area contributed by atoms with Crippen molar-refractivity contribution in [1.82, 2.24) is 103 Å². The molecule has 0 unspecified atom stereocenters. The number of likely N-dealkylation sites (tertiary alicyclic amines) is 1. The highest BCUT2D eigenvalue weighted by Crippen LogP contribution is 2.25. The topological polar surface area (TPSA) is 656 Å². The molecular formula is C89H122N24O21. The Morgan fingerprint density at radius 1 is 0.478 bits per heavy atom. The number of carboxylic acid groups (broad SMARTS) is 3. The smallest absolute Gasteiger partial charge is 0.320 e. The van der Waals surface area contributed by atoms with Crippen molar-refractivity contribution in [2.45, 2.75) is 113 Å². The average molecular weight is 1860 g/mol. The maximum atomic E-state index is 15.6. The monoisotopic (exact) mass is 1860 g/mol. The van der Waals surface area contributed by atoms with Crippen molar-refractivity contribution in [3.63, 3.8) is 0 Å². The van der Waals surface area contributed by atoms with Crippen molar-refractivity contribution >= 4 is 117 Å². The number of ether oxygens (including phenoxy) is 3. The maximum absolute atomic E-state index is 15.6. The van der Waals surface area contributed by atoms with Gasteiger partial charge in [0.15, 0.2) is 17.7 Å². The lowest BCUT2D eigenvalue weighted by atomic mass is 9.98. The zero-order chi connectivity index (χ0) is 96.4. The molecule has 24 N–H and O–H groups in total. The lowest BCUT2D eigenvalue weighted by Crippen LogP contribution is -2.61. The molecule has 2 aliphatic rings. The minimum absolute atomic E-state index is 0.00265. The molecule has 724 valence electrons. The Kier molecular flexibility index (Phi) is 42.0. The number of ketones is 1. The van der Waals surface area contributed by atoms with Crippen LogP contribution < -0.4 is 70.0 Å². The first-order chi connectivity index (χ1) is 64.5.